The molecule has 2 aromatic carbocycles. The van der Waals surface area contributed by atoms with Gasteiger partial charge in [0, 0.05) is 18.7 Å². The van der Waals surface area contributed by atoms with Gasteiger partial charge < -0.3 is 14.0 Å². The van der Waals surface area contributed by atoms with E-state index in [1.807, 2.05) is 0 Å². The highest BCUT2D eigenvalue weighted by atomic mass is 19.1. The van der Waals surface area contributed by atoms with Crippen molar-refractivity contribution in [2.24, 2.45) is 0 Å². The van der Waals surface area contributed by atoms with E-state index in [0.29, 0.717) is 18.4 Å². The summed E-state index contributed by atoms with van der Waals surface area (Å²) in [6.07, 6.45) is 4.45. The molecule has 0 saturated carbocycles. The van der Waals surface area contributed by atoms with Crippen LogP contribution in [0.5, 0.6) is 11.5 Å². The van der Waals surface area contributed by atoms with Gasteiger partial charge in [-0.1, -0.05) is 0 Å². The van der Waals surface area contributed by atoms with Crippen LogP contribution in [-0.4, -0.2) is 22.4 Å². The number of carbonyl (C=O) groups is 1. The molecule has 1 aliphatic heterocycles. The lowest BCUT2D eigenvalue weighted by atomic mass is 10.1. The van der Waals surface area contributed by atoms with Crippen molar-refractivity contribution in [1.29, 1.82) is 5.26 Å². The third-order valence-corrected chi connectivity index (χ3v) is 4.67. The monoisotopic (exact) mass is 383 g/mol. The molecule has 0 aliphatic carbocycles. The van der Waals surface area contributed by atoms with Crippen molar-refractivity contribution in [2.75, 3.05) is 6.61 Å². The quantitative estimate of drug-likeness (QED) is 0.621. The second-order valence-corrected chi connectivity index (χ2v) is 6.42. The lowest BCUT2D eigenvalue weighted by Crippen LogP contribution is -2.17. The summed E-state index contributed by atoms with van der Waals surface area (Å²) < 4.78 is 41.2. The molecule has 28 heavy (non-hydrogen) atoms. The first kappa shape index (κ1) is 18.1. The van der Waals surface area contributed by atoms with E-state index in [0.717, 1.165) is 31.4 Å². The molecule has 1 atom stereocenters. The Hall–Kier alpha value is -3.31. The first-order chi connectivity index (χ1) is 13.6. The predicted molar refractivity (Wildman–Crippen MR) is 95.1 cm³/mol. The van der Waals surface area contributed by atoms with Crippen molar-refractivity contribution >= 4 is 17.3 Å². The van der Waals surface area contributed by atoms with Gasteiger partial charge in [-0.25, -0.2) is 13.8 Å². The van der Waals surface area contributed by atoms with Crippen molar-refractivity contribution < 1.29 is 23.0 Å². The van der Waals surface area contributed by atoms with E-state index < -0.39 is 11.6 Å². The van der Waals surface area contributed by atoms with E-state index in [9.17, 15) is 13.6 Å². The van der Waals surface area contributed by atoms with Crippen LogP contribution in [0.25, 0.3) is 11.0 Å². The standard InChI is InChI=1S/C20H15F2N3O3/c21-15-5-4-13(7-12(15)9-23)28-20-14(10-26)19-17(8-16(20)22)25(11-24-19)18-3-1-2-6-27-18/h4-5,7-8,10-11,18H,1-3,6H2. The number of aromatic nitrogens is 2. The van der Waals surface area contributed by atoms with Crippen LogP contribution in [0, 0.1) is 23.0 Å². The normalized spacial score (nSPS) is 16.7. The lowest BCUT2D eigenvalue weighted by Gasteiger charge is -2.24. The molecule has 1 saturated heterocycles. The summed E-state index contributed by atoms with van der Waals surface area (Å²) in [6, 6.07) is 6.36. The van der Waals surface area contributed by atoms with Crippen LogP contribution in [0.1, 0.15) is 41.4 Å². The summed E-state index contributed by atoms with van der Waals surface area (Å²) in [6.45, 7) is 0.611. The number of halogens is 2. The minimum absolute atomic E-state index is 0.0364. The molecule has 6 nitrogen and oxygen atoms in total. The number of nitrogens with zero attached hydrogens (tertiary/aromatic N) is 3. The molecule has 1 aliphatic rings. The zero-order chi connectivity index (χ0) is 19.7. The molecule has 142 valence electrons. The van der Waals surface area contributed by atoms with Crippen molar-refractivity contribution in [3.63, 3.8) is 0 Å². The van der Waals surface area contributed by atoms with Crippen LogP contribution >= 0.6 is 0 Å². The van der Waals surface area contributed by atoms with Crippen LogP contribution in [0.2, 0.25) is 0 Å². The number of hydrogen-bond donors (Lipinski definition) is 0. The number of hydrogen-bond acceptors (Lipinski definition) is 5. The number of nitriles is 1. The van der Waals surface area contributed by atoms with Crippen molar-refractivity contribution in [3.8, 4) is 17.6 Å². The average Bonchev–Trinajstić information content (AvgIpc) is 3.13. The predicted octanol–water partition coefficient (Wildman–Crippen LogP) is 4.49. The van der Waals surface area contributed by atoms with E-state index in [2.05, 4.69) is 4.98 Å². The Balaban J connectivity index is 1.78. The Morgan fingerprint density at radius 3 is 2.86 bits per heavy atom. The second-order valence-electron chi connectivity index (χ2n) is 6.42. The summed E-state index contributed by atoms with van der Waals surface area (Å²) in [5.41, 5.74) is 0.400. The molecule has 0 bridgehead atoms. The van der Waals surface area contributed by atoms with Crippen molar-refractivity contribution in [2.45, 2.75) is 25.5 Å². The first-order valence-electron chi connectivity index (χ1n) is 8.75. The minimum atomic E-state index is -0.769. The number of carbonyl (C=O) groups excluding carboxylic acids is 1. The number of imidazole rings is 1. The minimum Gasteiger partial charge on any atom is -0.453 e. The van der Waals surface area contributed by atoms with Crippen LogP contribution in [0.3, 0.4) is 0 Å². The Labute approximate surface area is 158 Å². The van der Waals surface area contributed by atoms with Gasteiger partial charge in [-0.2, -0.15) is 5.26 Å². The molecule has 2 heterocycles. The summed E-state index contributed by atoms with van der Waals surface area (Å²) in [4.78, 5) is 16.0. The van der Waals surface area contributed by atoms with Crippen molar-refractivity contribution in [3.05, 3.63) is 53.4 Å². The van der Waals surface area contributed by atoms with Gasteiger partial charge in [-0.15, -0.1) is 0 Å². The van der Waals surface area contributed by atoms with Gasteiger partial charge in [0.15, 0.2) is 17.9 Å². The van der Waals surface area contributed by atoms with Gasteiger partial charge in [0.1, 0.15) is 29.4 Å². The van der Waals surface area contributed by atoms with E-state index in [1.54, 1.807) is 10.6 Å². The molecule has 8 heteroatoms. The highest BCUT2D eigenvalue weighted by Crippen LogP contribution is 2.35. The SMILES string of the molecule is N#Cc1cc(Oc2c(F)cc3c(ncn3C3CCCCO3)c2C=O)ccc1F. The molecule has 0 N–H and O–H groups in total. The zero-order valence-electron chi connectivity index (χ0n) is 14.7. The van der Waals surface area contributed by atoms with Crippen molar-refractivity contribution in [1.82, 2.24) is 9.55 Å². The third kappa shape index (κ3) is 3.10. The Bertz CT molecular complexity index is 1100. The smallest absolute Gasteiger partial charge is 0.175 e. The fourth-order valence-corrected chi connectivity index (χ4v) is 3.30. The molecule has 4 rings (SSSR count). The summed E-state index contributed by atoms with van der Waals surface area (Å²) in [7, 11) is 0. The average molecular weight is 383 g/mol. The largest absolute Gasteiger partial charge is 0.453 e. The van der Waals surface area contributed by atoms with Crippen LogP contribution in [-0.2, 0) is 4.74 Å². The van der Waals surface area contributed by atoms with Gasteiger partial charge in [0.2, 0.25) is 0 Å². The lowest BCUT2D eigenvalue weighted by molar-refractivity contribution is -0.0295. The Morgan fingerprint density at radius 1 is 1.29 bits per heavy atom. The van der Waals surface area contributed by atoms with E-state index in [4.69, 9.17) is 14.7 Å². The number of aldehydes is 1. The Kier molecular flexibility index (Phi) is 4.75. The number of fused-ring (bicyclic) bond motifs is 1. The maximum absolute atomic E-state index is 14.8. The second kappa shape index (κ2) is 7.37. The molecule has 1 fully saturated rings. The number of benzene rings is 2. The van der Waals surface area contributed by atoms with Gasteiger partial charge in [-0.05, 0) is 31.4 Å². The topological polar surface area (TPSA) is 77.1 Å². The summed E-state index contributed by atoms with van der Waals surface area (Å²) >= 11 is 0. The summed E-state index contributed by atoms with van der Waals surface area (Å²) in [5.74, 6) is -1.77. The van der Waals surface area contributed by atoms with Gasteiger partial charge in [-0.3, -0.25) is 4.79 Å². The highest BCUT2D eigenvalue weighted by molar-refractivity contribution is 5.97. The van der Waals surface area contributed by atoms with Gasteiger partial charge in [0.05, 0.1) is 23.0 Å². The molecule has 1 unspecified atom stereocenters. The Morgan fingerprint density at radius 2 is 2.14 bits per heavy atom. The van der Waals surface area contributed by atoms with E-state index in [-0.39, 0.29) is 34.4 Å². The number of ether oxygens (including phenoxy) is 2. The molecule has 0 amide bonds. The molecule has 3 aromatic rings. The van der Waals surface area contributed by atoms with E-state index >= 15 is 0 Å². The molecular formula is C20H15F2N3O3. The van der Waals surface area contributed by atoms with Crippen LogP contribution < -0.4 is 4.74 Å². The fraction of sp³-hybridized carbons (Fsp3) is 0.250. The van der Waals surface area contributed by atoms with Crippen LogP contribution in [0.15, 0.2) is 30.6 Å². The zero-order valence-corrected chi connectivity index (χ0v) is 14.7. The van der Waals surface area contributed by atoms with Gasteiger partial charge >= 0.3 is 0 Å². The first-order valence-corrected chi connectivity index (χ1v) is 8.75. The summed E-state index contributed by atoms with van der Waals surface area (Å²) in [5, 5.41) is 8.93. The molecule has 1 aromatic heterocycles. The van der Waals surface area contributed by atoms with Gasteiger partial charge in [0.25, 0.3) is 0 Å². The fourth-order valence-electron chi connectivity index (χ4n) is 3.30. The highest BCUT2D eigenvalue weighted by Gasteiger charge is 2.23. The third-order valence-electron chi connectivity index (χ3n) is 4.67. The molecular weight excluding hydrogens is 368 g/mol. The molecule has 0 spiro atoms. The maximum Gasteiger partial charge on any atom is 0.175 e. The van der Waals surface area contributed by atoms with E-state index in [1.165, 1.54) is 18.5 Å². The number of rotatable bonds is 4. The van der Waals surface area contributed by atoms with Crippen LogP contribution in [0.4, 0.5) is 8.78 Å². The maximum atomic E-state index is 14.8. The molecule has 0 radical (unpaired) electrons.